The van der Waals surface area contributed by atoms with E-state index in [4.69, 9.17) is 9.94 Å². The van der Waals surface area contributed by atoms with Crippen LogP contribution in [0.15, 0.2) is 65.9 Å². The molecule has 4 N–H and O–H groups in total. The first-order valence-corrected chi connectivity index (χ1v) is 11.7. The molecule has 2 aromatic carbocycles. The number of hydroxylamine groups is 1. The van der Waals surface area contributed by atoms with E-state index in [9.17, 15) is 25.2 Å². The Morgan fingerprint density at radius 3 is 2.35 bits per heavy atom. The first-order valence-electron chi connectivity index (χ1n) is 11.7. The molecule has 1 heterocycles. The number of ether oxygens (including phenoxy) is 1. The Morgan fingerprint density at radius 2 is 1.65 bits per heavy atom. The lowest BCUT2D eigenvalue weighted by atomic mass is 9.97. The minimum Gasteiger partial charge on any atom is -0.506 e. The van der Waals surface area contributed by atoms with Gasteiger partial charge < -0.3 is 15.2 Å². The van der Waals surface area contributed by atoms with Crippen molar-refractivity contribution in [2.75, 3.05) is 5.32 Å². The van der Waals surface area contributed by atoms with E-state index in [1.165, 1.54) is 6.07 Å². The molecule has 0 saturated heterocycles. The summed E-state index contributed by atoms with van der Waals surface area (Å²) >= 11 is 0. The lowest BCUT2D eigenvalue weighted by molar-refractivity contribution is -0.129. The molecule has 37 heavy (non-hydrogen) atoms. The van der Waals surface area contributed by atoms with Gasteiger partial charge in [0, 0.05) is 24.0 Å². The number of phenols is 1. The summed E-state index contributed by atoms with van der Waals surface area (Å²) < 4.78 is 5.90. The molecule has 0 atom stereocenters. The highest BCUT2D eigenvalue weighted by atomic mass is 16.5. The monoisotopic (exact) mass is 498 g/mol. The Bertz CT molecular complexity index is 1330. The maximum absolute atomic E-state index is 12.3. The van der Waals surface area contributed by atoms with Crippen LogP contribution in [0, 0.1) is 22.7 Å². The lowest BCUT2D eigenvalue weighted by Gasteiger charge is -2.18. The summed E-state index contributed by atoms with van der Waals surface area (Å²) in [6, 6.07) is 15.7. The van der Waals surface area contributed by atoms with Gasteiger partial charge in [-0.15, -0.1) is 0 Å². The third-order valence-electron chi connectivity index (χ3n) is 5.60. The second-order valence-corrected chi connectivity index (χ2v) is 8.26. The molecular weight excluding hydrogens is 472 g/mol. The molecule has 9 nitrogen and oxygen atoms in total. The Balaban J connectivity index is 1.64. The zero-order valence-electron chi connectivity index (χ0n) is 20.0. The van der Waals surface area contributed by atoms with Crippen LogP contribution in [-0.4, -0.2) is 22.1 Å². The van der Waals surface area contributed by atoms with Crippen molar-refractivity contribution in [1.82, 2.24) is 5.48 Å². The van der Waals surface area contributed by atoms with Crippen LogP contribution in [0.2, 0.25) is 0 Å². The van der Waals surface area contributed by atoms with Crippen molar-refractivity contribution in [2.45, 2.75) is 38.5 Å². The molecule has 3 rings (SSSR count). The van der Waals surface area contributed by atoms with Gasteiger partial charge in [0.1, 0.15) is 35.0 Å². The number of amides is 2. The van der Waals surface area contributed by atoms with Crippen LogP contribution in [0.25, 0.3) is 11.6 Å². The molecule has 0 bridgehead atoms. The van der Waals surface area contributed by atoms with Crippen LogP contribution >= 0.6 is 0 Å². The molecule has 0 aromatic heterocycles. The van der Waals surface area contributed by atoms with Crippen molar-refractivity contribution in [2.24, 2.45) is 0 Å². The van der Waals surface area contributed by atoms with Crippen molar-refractivity contribution >= 4 is 29.2 Å². The van der Waals surface area contributed by atoms with Gasteiger partial charge in [-0.25, -0.2) is 5.48 Å². The second-order valence-electron chi connectivity index (χ2n) is 8.26. The molecule has 2 amide bonds. The van der Waals surface area contributed by atoms with Gasteiger partial charge in [0.15, 0.2) is 0 Å². The van der Waals surface area contributed by atoms with Crippen molar-refractivity contribution in [3.63, 3.8) is 0 Å². The van der Waals surface area contributed by atoms with E-state index in [1.54, 1.807) is 60.1 Å². The molecule has 0 fully saturated rings. The van der Waals surface area contributed by atoms with Gasteiger partial charge in [0.2, 0.25) is 11.8 Å². The fourth-order valence-electron chi connectivity index (χ4n) is 3.72. The summed E-state index contributed by atoms with van der Waals surface area (Å²) in [4.78, 5) is 23.3. The first-order chi connectivity index (χ1) is 17.9. The van der Waals surface area contributed by atoms with Gasteiger partial charge in [0.05, 0.1) is 5.69 Å². The Kier molecular flexibility index (Phi) is 9.60. The molecule has 0 unspecified atom stereocenters. The van der Waals surface area contributed by atoms with Crippen LogP contribution in [-0.2, 0) is 9.59 Å². The zero-order valence-corrected chi connectivity index (χ0v) is 20.0. The fraction of sp³-hybridized carbons (Fsp3) is 0.214. The third-order valence-corrected chi connectivity index (χ3v) is 5.60. The maximum Gasteiger partial charge on any atom is 0.243 e. The SMILES string of the molecule is N#CC(C#N)=C1C=C(/C=C/c2ccc(O)c(NC(=O)CCCCCCC(=O)NO)c2)Oc2ccccc21. The van der Waals surface area contributed by atoms with Crippen molar-refractivity contribution < 1.29 is 24.6 Å². The fourth-order valence-corrected chi connectivity index (χ4v) is 3.72. The largest absolute Gasteiger partial charge is 0.506 e. The topological polar surface area (TPSA) is 155 Å². The minimum atomic E-state index is -0.427. The molecule has 0 spiro atoms. The number of allylic oxidation sites excluding steroid dienone is 4. The number of rotatable bonds is 10. The molecule has 1 aliphatic heterocycles. The molecule has 0 radical (unpaired) electrons. The summed E-state index contributed by atoms with van der Waals surface area (Å²) in [6.07, 6.45) is 8.31. The Hall–Kier alpha value is -4.86. The van der Waals surface area contributed by atoms with Gasteiger partial charge in [-0.3, -0.25) is 14.8 Å². The van der Waals surface area contributed by atoms with E-state index >= 15 is 0 Å². The third kappa shape index (κ3) is 7.56. The standard InChI is InChI=1S/C28H26N4O5/c29-17-20(18-30)23-16-21(37-26-8-6-5-7-22(23)26)13-11-19-12-14-25(33)24(15-19)31-27(34)9-3-1-2-4-10-28(35)32-36/h5-8,11-16,33,36H,1-4,9-10H2,(H,31,34)(H,32,35)/b13-11+. The molecule has 1 aliphatic rings. The average Bonchev–Trinajstić information content (AvgIpc) is 2.91. The van der Waals surface area contributed by atoms with Crippen molar-refractivity contribution in [3.05, 3.63) is 77.1 Å². The minimum absolute atomic E-state index is 0.0214. The van der Waals surface area contributed by atoms with Gasteiger partial charge in [0.25, 0.3) is 0 Å². The van der Waals surface area contributed by atoms with Crippen LogP contribution in [0.5, 0.6) is 11.5 Å². The number of nitriles is 2. The first kappa shape index (κ1) is 26.7. The number of aromatic hydroxyl groups is 1. The zero-order chi connectivity index (χ0) is 26.6. The van der Waals surface area contributed by atoms with Gasteiger partial charge in [-0.2, -0.15) is 10.5 Å². The number of benzene rings is 2. The number of carbonyl (C=O) groups excluding carboxylic acids is 2. The van der Waals surface area contributed by atoms with E-state index in [1.807, 2.05) is 12.1 Å². The van der Waals surface area contributed by atoms with Gasteiger partial charge in [-0.1, -0.05) is 43.2 Å². The van der Waals surface area contributed by atoms with Crippen molar-refractivity contribution in [1.29, 1.82) is 10.5 Å². The lowest BCUT2D eigenvalue weighted by Crippen LogP contribution is -2.17. The normalized spacial score (nSPS) is 12.0. The van der Waals surface area contributed by atoms with Crippen LogP contribution < -0.4 is 15.5 Å². The average molecular weight is 499 g/mol. The number of unbranched alkanes of at least 4 members (excludes halogenated alkanes) is 3. The predicted octanol–water partition coefficient (Wildman–Crippen LogP) is 4.97. The highest BCUT2D eigenvalue weighted by Crippen LogP contribution is 2.36. The molecule has 0 saturated carbocycles. The molecule has 9 heteroatoms. The van der Waals surface area contributed by atoms with E-state index in [-0.39, 0.29) is 35.8 Å². The summed E-state index contributed by atoms with van der Waals surface area (Å²) in [5.74, 6) is 0.212. The van der Waals surface area contributed by atoms with E-state index in [2.05, 4.69) is 5.32 Å². The Labute approximate surface area is 214 Å². The highest BCUT2D eigenvalue weighted by Gasteiger charge is 2.18. The summed E-state index contributed by atoms with van der Waals surface area (Å²) in [5, 5.41) is 40.1. The number of phenolic OH excluding ortho intramolecular Hbond substituents is 1. The highest BCUT2D eigenvalue weighted by molar-refractivity contribution is 5.92. The van der Waals surface area contributed by atoms with Gasteiger partial charge in [-0.05, 0) is 48.8 Å². The second kappa shape index (κ2) is 13.3. The van der Waals surface area contributed by atoms with Crippen LogP contribution in [0.1, 0.15) is 49.7 Å². The smallest absolute Gasteiger partial charge is 0.243 e. The molecule has 2 aromatic rings. The Morgan fingerprint density at radius 1 is 0.946 bits per heavy atom. The van der Waals surface area contributed by atoms with E-state index in [0.717, 1.165) is 12.8 Å². The number of fused-ring (bicyclic) bond motifs is 1. The van der Waals surface area contributed by atoms with Crippen LogP contribution in [0.3, 0.4) is 0 Å². The maximum atomic E-state index is 12.3. The predicted molar refractivity (Wildman–Crippen MR) is 137 cm³/mol. The number of hydrogen-bond acceptors (Lipinski definition) is 7. The molecule has 0 aliphatic carbocycles. The van der Waals surface area contributed by atoms with Crippen LogP contribution in [0.4, 0.5) is 5.69 Å². The molecule has 188 valence electrons. The van der Waals surface area contributed by atoms with E-state index in [0.29, 0.717) is 41.1 Å². The number of carbonyl (C=O) groups is 2. The molecular formula is C28H26N4O5. The number of para-hydroxylation sites is 1. The van der Waals surface area contributed by atoms with Gasteiger partial charge >= 0.3 is 0 Å². The summed E-state index contributed by atoms with van der Waals surface area (Å²) in [6.45, 7) is 0. The van der Waals surface area contributed by atoms with E-state index < -0.39 is 5.91 Å². The summed E-state index contributed by atoms with van der Waals surface area (Å²) in [5.41, 5.74) is 3.65. The summed E-state index contributed by atoms with van der Waals surface area (Å²) in [7, 11) is 0. The number of nitrogens with one attached hydrogen (secondary N) is 2. The number of nitrogens with zero attached hydrogens (tertiary/aromatic N) is 2. The quantitative estimate of drug-likeness (QED) is 0.118. The number of hydrogen-bond donors (Lipinski definition) is 4. The number of anilines is 1. The van der Waals surface area contributed by atoms with Crippen molar-refractivity contribution in [3.8, 4) is 23.6 Å².